The van der Waals surface area contributed by atoms with E-state index in [9.17, 15) is 18.0 Å². The maximum absolute atomic E-state index is 12.7. The first-order valence-corrected chi connectivity index (χ1v) is 11.7. The Morgan fingerprint density at radius 3 is 2.69 bits per heavy atom. The molecular formula is C20H21N3O4S2. The van der Waals surface area contributed by atoms with E-state index in [4.69, 9.17) is 0 Å². The first-order chi connectivity index (χ1) is 13.9. The number of benzene rings is 2. The topological polar surface area (TPSA) is 88.5 Å². The van der Waals surface area contributed by atoms with Gasteiger partial charge in [0.1, 0.15) is 0 Å². The number of anilines is 1. The van der Waals surface area contributed by atoms with Crippen molar-refractivity contribution in [3.8, 4) is 0 Å². The van der Waals surface area contributed by atoms with E-state index in [2.05, 4.69) is 4.72 Å². The second-order valence-corrected chi connectivity index (χ2v) is 9.65. The van der Waals surface area contributed by atoms with Gasteiger partial charge in [-0.15, -0.1) is 0 Å². The number of aryl methyl sites for hydroxylation is 1. The highest BCUT2D eigenvalue weighted by molar-refractivity contribution is 7.89. The van der Waals surface area contributed by atoms with Gasteiger partial charge >= 0.3 is 4.87 Å². The van der Waals surface area contributed by atoms with Gasteiger partial charge in [0.25, 0.3) is 0 Å². The minimum atomic E-state index is -3.74. The molecule has 3 aromatic rings. The van der Waals surface area contributed by atoms with Gasteiger partial charge in [-0.05, 0) is 49.2 Å². The molecule has 4 rings (SSSR count). The number of thiazole rings is 1. The van der Waals surface area contributed by atoms with Crippen LogP contribution in [0.25, 0.3) is 10.2 Å². The normalized spacial score (nSPS) is 14.8. The molecule has 0 saturated carbocycles. The van der Waals surface area contributed by atoms with E-state index in [1.54, 1.807) is 15.5 Å². The van der Waals surface area contributed by atoms with E-state index in [0.717, 1.165) is 34.5 Å². The maximum Gasteiger partial charge on any atom is 0.308 e. The summed E-state index contributed by atoms with van der Waals surface area (Å²) >= 11 is 1.04. The van der Waals surface area contributed by atoms with Crippen LogP contribution in [-0.4, -0.2) is 25.4 Å². The Morgan fingerprint density at radius 2 is 1.97 bits per heavy atom. The van der Waals surface area contributed by atoms with Crippen molar-refractivity contribution in [3.05, 3.63) is 57.7 Å². The predicted octanol–water partition coefficient (Wildman–Crippen LogP) is 2.69. The number of fused-ring (bicyclic) bond motifs is 1. The molecule has 0 bridgehead atoms. The number of carbonyl (C=O) groups excluding carboxylic acids is 1. The number of aromatic nitrogens is 1. The van der Waals surface area contributed by atoms with Crippen molar-refractivity contribution >= 4 is 43.2 Å². The summed E-state index contributed by atoms with van der Waals surface area (Å²) in [5, 5.41) is 0. The van der Waals surface area contributed by atoms with Crippen molar-refractivity contribution in [3.63, 3.8) is 0 Å². The van der Waals surface area contributed by atoms with Crippen molar-refractivity contribution in [2.45, 2.75) is 37.8 Å². The highest BCUT2D eigenvalue weighted by atomic mass is 32.2. The highest BCUT2D eigenvalue weighted by Crippen LogP contribution is 2.24. The average Bonchev–Trinajstić information content (AvgIpc) is 3.27. The van der Waals surface area contributed by atoms with Crippen LogP contribution in [0.15, 0.2) is 52.2 Å². The number of rotatable bonds is 6. The minimum absolute atomic E-state index is 0.0917. The van der Waals surface area contributed by atoms with E-state index < -0.39 is 10.0 Å². The van der Waals surface area contributed by atoms with Crippen LogP contribution in [-0.2, 0) is 27.9 Å². The summed E-state index contributed by atoms with van der Waals surface area (Å²) in [6.45, 7) is 3.22. The highest BCUT2D eigenvalue weighted by Gasteiger charge is 2.22. The van der Waals surface area contributed by atoms with Gasteiger partial charge in [0.15, 0.2) is 0 Å². The number of amides is 1. The molecule has 2 aromatic carbocycles. The number of carbonyl (C=O) groups is 1. The Morgan fingerprint density at radius 1 is 1.14 bits per heavy atom. The fourth-order valence-corrected chi connectivity index (χ4v) is 5.64. The summed E-state index contributed by atoms with van der Waals surface area (Å²) in [7, 11) is -3.74. The molecule has 1 N–H and O–H groups in total. The quantitative estimate of drug-likeness (QED) is 0.650. The van der Waals surface area contributed by atoms with Crippen LogP contribution in [0.4, 0.5) is 5.69 Å². The molecular weight excluding hydrogens is 410 g/mol. The molecule has 9 heteroatoms. The molecule has 0 radical (unpaired) electrons. The number of nitrogens with one attached hydrogen (secondary N) is 1. The van der Waals surface area contributed by atoms with Crippen LogP contribution in [0.5, 0.6) is 0 Å². The lowest BCUT2D eigenvalue weighted by molar-refractivity contribution is -0.117. The van der Waals surface area contributed by atoms with Crippen molar-refractivity contribution < 1.29 is 13.2 Å². The Kier molecular flexibility index (Phi) is 5.28. The summed E-state index contributed by atoms with van der Waals surface area (Å²) in [6, 6.07) is 12.1. The fraction of sp³-hybridized carbons (Fsp3) is 0.300. The lowest BCUT2D eigenvalue weighted by Crippen LogP contribution is -2.25. The zero-order valence-corrected chi connectivity index (χ0v) is 17.6. The molecule has 1 aliphatic rings. The second kappa shape index (κ2) is 7.74. The third-order valence-electron chi connectivity index (χ3n) is 5.03. The van der Waals surface area contributed by atoms with Gasteiger partial charge in [-0.1, -0.05) is 23.5 Å². The Hall–Kier alpha value is -2.49. The van der Waals surface area contributed by atoms with Gasteiger partial charge in [0, 0.05) is 31.7 Å². The largest absolute Gasteiger partial charge is 0.312 e. The third-order valence-corrected chi connectivity index (χ3v) is 7.37. The van der Waals surface area contributed by atoms with Crippen molar-refractivity contribution in [1.29, 1.82) is 0 Å². The van der Waals surface area contributed by atoms with Crippen molar-refractivity contribution in [1.82, 2.24) is 9.29 Å². The van der Waals surface area contributed by atoms with E-state index in [-0.39, 0.29) is 22.2 Å². The summed E-state index contributed by atoms with van der Waals surface area (Å²) in [5.41, 5.74) is 2.30. The molecule has 29 heavy (non-hydrogen) atoms. The molecule has 0 aliphatic carbocycles. The van der Waals surface area contributed by atoms with E-state index in [1.165, 1.54) is 12.1 Å². The first kappa shape index (κ1) is 19.8. The lowest BCUT2D eigenvalue weighted by Gasteiger charge is -2.16. The monoisotopic (exact) mass is 431 g/mol. The van der Waals surface area contributed by atoms with Gasteiger partial charge < -0.3 is 4.90 Å². The lowest BCUT2D eigenvalue weighted by atomic mass is 10.2. The van der Waals surface area contributed by atoms with E-state index >= 15 is 0 Å². The summed E-state index contributed by atoms with van der Waals surface area (Å²) < 4.78 is 30.4. The van der Waals surface area contributed by atoms with Crippen LogP contribution in [0.2, 0.25) is 0 Å². The fourth-order valence-electron chi connectivity index (χ4n) is 3.53. The molecule has 152 valence electrons. The summed E-state index contributed by atoms with van der Waals surface area (Å²) in [5.74, 6) is 0.0917. The van der Waals surface area contributed by atoms with Gasteiger partial charge in [0.05, 0.1) is 15.1 Å². The van der Waals surface area contributed by atoms with Crippen LogP contribution < -0.4 is 14.5 Å². The SMILES string of the molecule is CCn1c(=O)sc2cc(S(=O)(=O)NCc3cccc(N4CCCC4=O)c3)ccc21. The molecule has 1 fully saturated rings. The van der Waals surface area contributed by atoms with E-state index in [0.29, 0.717) is 24.2 Å². The standard InChI is InChI=1S/C20H21N3O4S2/c1-2-22-17-9-8-16(12-18(17)28-20(22)25)29(26,27)21-13-14-5-3-6-15(11-14)23-10-4-7-19(23)24/h3,5-6,8-9,11-12,21H,2,4,7,10,13H2,1H3. The van der Waals surface area contributed by atoms with Crippen LogP contribution in [0.3, 0.4) is 0 Å². The smallest absolute Gasteiger partial charge is 0.308 e. The zero-order chi connectivity index (χ0) is 20.6. The zero-order valence-electron chi connectivity index (χ0n) is 15.9. The van der Waals surface area contributed by atoms with Gasteiger partial charge in [0.2, 0.25) is 15.9 Å². The Balaban J connectivity index is 1.54. The molecule has 0 atom stereocenters. The van der Waals surface area contributed by atoms with E-state index in [1.807, 2.05) is 31.2 Å². The Labute approximate surface area is 172 Å². The number of nitrogens with zero attached hydrogens (tertiary/aromatic N) is 2. The van der Waals surface area contributed by atoms with Crippen molar-refractivity contribution in [2.24, 2.45) is 0 Å². The number of hydrogen-bond donors (Lipinski definition) is 1. The van der Waals surface area contributed by atoms with Gasteiger partial charge in [-0.2, -0.15) is 0 Å². The summed E-state index contributed by atoms with van der Waals surface area (Å²) in [4.78, 5) is 25.7. The predicted molar refractivity (Wildman–Crippen MR) is 114 cm³/mol. The molecule has 1 saturated heterocycles. The third kappa shape index (κ3) is 3.85. The first-order valence-electron chi connectivity index (χ1n) is 9.41. The second-order valence-electron chi connectivity index (χ2n) is 6.89. The molecule has 7 nitrogen and oxygen atoms in total. The summed E-state index contributed by atoms with van der Waals surface area (Å²) in [6.07, 6.45) is 1.38. The molecule has 2 heterocycles. The number of sulfonamides is 1. The number of hydrogen-bond acceptors (Lipinski definition) is 5. The van der Waals surface area contributed by atoms with Gasteiger partial charge in [-0.25, -0.2) is 13.1 Å². The van der Waals surface area contributed by atoms with Crippen LogP contribution >= 0.6 is 11.3 Å². The molecule has 0 unspecified atom stereocenters. The molecule has 0 spiro atoms. The van der Waals surface area contributed by atoms with Crippen LogP contribution in [0, 0.1) is 0 Å². The maximum atomic E-state index is 12.7. The molecule has 1 aromatic heterocycles. The van der Waals surface area contributed by atoms with Gasteiger partial charge in [-0.3, -0.25) is 14.2 Å². The average molecular weight is 432 g/mol. The molecule has 1 amide bonds. The minimum Gasteiger partial charge on any atom is -0.312 e. The molecule has 1 aliphatic heterocycles. The van der Waals surface area contributed by atoms with Crippen LogP contribution in [0.1, 0.15) is 25.3 Å². The van der Waals surface area contributed by atoms with Crippen molar-refractivity contribution in [2.75, 3.05) is 11.4 Å². The Bertz CT molecular complexity index is 1240.